The molecule has 0 aromatic carbocycles. The van der Waals surface area contributed by atoms with Crippen LogP contribution in [0.3, 0.4) is 0 Å². The van der Waals surface area contributed by atoms with Crippen molar-refractivity contribution in [3.8, 4) is 0 Å². The molecule has 7 nitrogen and oxygen atoms in total. The summed E-state index contributed by atoms with van der Waals surface area (Å²) < 4.78 is 0. The van der Waals surface area contributed by atoms with Crippen LogP contribution >= 0.6 is 0 Å². The zero-order valence-corrected chi connectivity index (χ0v) is 9.79. The average molecular weight is 243 g/mol. The first-order valence-electron chi connectivity index (χ1n) is 5.20. The highest BCUT2D eigenvalue weighted by atomic mass is 16.6. The smallest absolute Gasteiger partial charge is 0.155 e. The molecule has 0 spiro atoms. The Kier molecular flexibility index (Phi) is 5.08. The van der Waals surface area contributed by atoms with E-state index in [1.54, 1.807) is 6.92 Å². The maximum Gasteiger partial charge on any atom is 0.155 e. The van der Waals surface area contributed by atoms with E-state index < -0.39 is 12.2 Å². The van der Waals surface area contributed by atoms with Crippen molar-refractivity contribution >= 4 is 5.71 Å². The summed E-state index contributed by atoms with van der Waals surface area (Å²) in [5.41, 5.74) is 0.897. The number of aliphatic hydroxyl groups excluding tert-OH is 3. The molecule has 96 valence electrons. The lowest BCUT2D eigenvalue weighted by molar-refractivity contribution is 0.00212. The molecule has 1 heterocycles. The molecule has 0 saturated carbocycles. The monoisotopic (exact) mass is 243 g/mol. The molecule has 2 unspecified atom stereocenters. The highest BCUT2D eigenvalue weighted by Gasteiger charge is 2.20. The molecule has 2 atom stereocenters. The second-order valence-corrected chi connectivity index (χ2v) is 3.57. The Morgan fingerprint density at radius 1 is 1.59 bits per heavy atom. The van der Waals surface area contributed by atoms with Gasteiger partial charge in [-0.3, -0.25) is 0 Å². The SMILES string of the molecule is CO/N=C(\C)c1ncc(C(O)C(O)CCO)[nH]1. The minimum atomic E-state index is -1.11. The molecule has 0 aliphatic carbocycles. The molecule has 1 rings (SSSR count). The topological polar surface area (TPSA) is 111 Å². The van der Waals surface area contributed by atoms with E-state index in [1.165, 1.54) is 13.3 Å². The van der Waals surface area contributed by atoms with Crippen molar-refractivity contribution in [2.45, 2.75) is 25.6 Å². The zero-order chi connectivity index (χ0) is 12.8. The second-order valence-electron chi connectivity index (χ2n) is 3.57. The van der Waals surface area contributed by atoms with Gasteiger partial charge in [-0.1, -0.05) is 5.16 Å². The first-order chi connectivity index (χ1) is 8.10. The summed E-state index contributed by atoms with van der Waals surface area (Å²) >= 11 is 0. The fourth-order valence-corrected chi connectivity index (χ4v) is 1.35. The molecule has 0 bridgehead atoms. The van der Waals surface area contributed by atoms with E-state index in [2.05, 4.69) is 20.0 Å². The molecule has 0 amide bonds. The Balaban J connectivity index is 2.77. The van der Waals surface area contributed by atoms with Crippen LogP contribution in [0.5, 0.6) is 0 Å². The van der Waals surface area contributed by atoms with E-state index in [0.29, 0.717) is 17.2 Å². The highest BCUT2D eigenvalue weighted by molar-refractivity contribution is 5.94. The van der Waals surface area contributed by atoms with Crippen LogP contribution in [-0.4, -0.2) is 50.8 Å². The number of hydrogen-bond acceptors (Lipinski definition) is 6. The Labute approximate surface area is 98.8 Å². The first kappa shape index (κ1) is 13.6. The number of aromatic nitrogens is 2. The fraction of sp³-hybridized carbons (Fsp3) is 0.600. The lowest BCUT2D eigenvalue weighted by atomic mass is 10.1. The van der Waals surface area contributed by atoms with Crippen molar-refractivity contribution in [2.75, 3.05) is 13.7 Å². The summed E-state index contributed by atoms with van der Waals surface area (Å²) in [5, 5.41) is 31.6. The van der Waals surface area contributed by atoms with Crippen LogP contribution in [0.15, 0.2) is 11.4 Å². The molecule has 1 aromatic heterocycles. The van der Waals surface area contributed by atoms with Crippen LogP contribution in [-0.2, 0) is 4.84 Å². The van der Waals surface area contributed by atoms with Gasteiger partial charge in [0.15, 0.2) is 5.82 Å². The lowest BCUT2D eigenvalue weighted by Crippen LogP contribution is -2.19. The van der Waals surface area contributed by atoms with Gasteiger partial charge in [-0.25, -0.2) is 4.98 Å². The van der Waals surface area contributed by atoms with Crippen molar-refractivity contribution < 1.29 is 20.2 Å². The van der Waals surface area contributed by atoms with Gasteiger partial charge in [-0.15, -0.1) is 0 Å². The maximum atomic E-state index is 9.74. The van der Waals surface area contributed by atoms with Crippen molar-refractivity contribution in [1.29, 1.82) is 0 Å². The van der Waals surface area contributed by atoms with E-state index in [-0.39, 0.29) is 13.0 Å². The van der Waals surface area contributed by atoms with Gasteiger partial charge in [0.05, 0.1) is 18.0 Å². The molecule has 17 heavy (non-hydrogen) atoms. The van der Waals surface area contributed by atoms with Gasteiger partial charge in [0.1, 0.15) is 18.9 Å². The van der Waals surface area contributed by atoms with Gasteiger partial charge in [-0.2, -0.15) is 0 Å². The number of rotatable bonds is 6. The number of hydrogen-bond donors (Lipinski definition) is 4. The van der Waals surface area contributed by atoms with Gasteiger partial charge in [0.25, 0.3) is 0 Å². The molecule has 0 aliphatic heterocycles. The highest BCUT2D eigenvalue weighted by Crippen LogP contribution is 2.17. The number of aliphatic hydroxyl groups is 3. The summed E-state index contributed by atoms with van der Waals surface area (Å²) in [6.45, 7) is 1.51. The van der Waals surface area contributed by atoms with E-state index >= 15 is 0 Å². The number of H-pyrrole nitrogens is 1. The minimum absolute atomic E-state index is 0.0979. The third-order valence-electron chi connectivity index (χ3n) is 2.27. The summed E-state index contributed by atoms with van der Waals surface area (Å²) in [6.07, 6.45) is -0.637. The summed E-state index contributed by atoms with van der Waals surface area (Å²) in [5.74, 6) is 0.456. The maximum absolute atomic E-state index is 9.74. The van der Waals surface area contributed by atoms with Gasteiger partial charge in [-0.05, 0) is 13.3 Å². The van der Waals surface area contributed by atoms with E-state index in [0.717, 1.165) is 0 Å². The number of oxime groups is 1. The standard InChI is InChI=1S/C10H17N3O4/c1-6(13-17-2)10-11-5-7(12-10)9(16)8(15)3-4-14/h5,8-9,14-16H,3-4H2,1-2H3,(H,11,12)/b13-6+. The number of imidazole rings is 1. The van der Waals surface area contributed by atoms with Gasteiger partial charge >= 0.3 is 0 Å². The zero-order valence-electron chi connectivity index (χ0n) is 9.79. The first-order valence-corrected chi connectivity index (χ1v) is 5.20. The predicted molar refractivity (Wildman–Crippen MR) is 60.5 cm³/mol. The van der Waals surface area contributed by atoms with Gasteiger partial charge in [0.2, 0.25) is 0 Å². The molecule has 1 aromatic rings. The molecule has 0 radical (unpaired) electrons. The summed E-state index contributed by atoms with van der Waals surface area (Å²) in [7, 11) is 1.42. The van der Waals surface area contributed by atoms with Crippen LogP contribution in [0.4, 0.5) is 0 Å². The normalized spacial score (nSPS) is 15.7. The molecular weight excluding hydrogens is 226 g/mol. The quantitative estimate of drug-likeness (QED) is 0.400. The lowest BCUT2D eigenvalue weighted by Gasteiger charge is -2.14. The fourth-order valence-electron chi connectivity index (χ4n) is 1.35. The third kappa shape index (κ3) is 3.52. The van der Waals surface area contributed by atoms with E-state index in [4.69, 9.17) is 5.11 Å². The van der Waals surface area contributed by atoms with Crippen LogP contribution in [0, 0.1) is 0 Å². The number of aromatic amines is 1. The molecular formula is C10H17N3O4. The van der Waals surface area contributed by atoms with E-state index in [1.807, 2.05) is 0 Å². The van der Waals surface area contributed by atoms with Crippen LogP contribution in [0.25, 0.3) is 0 Å². The Morgan fingerprint density at radius 3 is 2.88 bits per heavy atom. The van der Waals surface area contributed by atoms with Crippen molar-refractivity contribution in [2.24, 2.45) is 5.16 Å². The predicted octanol–water partition coefficient (Wildman–Crippen LogP) is -0.443. The largest absolute Gasteiger partial charge is 0.399 e. The van der Waals surface area contributed by atoms with Gasteiger partial charge in [0, 0.05) is 6.61 Å². The number of nitrogens with zero attached hydrogens (tertiary/aromatic N) is 2. The minimum Gasteiger partial charge on any atom is -0.399 e. The summed E-state index contributed by atoms with van der Waals surface area (Å²) in [6, 6.07) is 0. The number of nitrogens with one attached hydrogen (secondary N) is 1. The van der Waals surface area contributed by atoms with Crippen LogP contribution in [0.1, 0.15) is 31.0 Å². The van der Waals surface area contributed by atoms with Crippen molar-refractivity contribution in [3.63, 3.8) is 0 Å². The second kappa shape index (κ2) is 6.33. The third-order valence-corrected chi connectivity index (χ3v) is 2.27. The Bertz CT molecular complexity index is 377. The van der Waals surface area contributed by atoms with Gasteiger partial charge < -0.3 is 25.1 Å². The molecule has 0 fully saturated rings. The van der Waals surface area contributed by atoms with Crippen molar-refractivity contribution in [1.82, 2.24) is 9.97 Å². The Hall–Kier alpha value is -1.44. The summed E-state index contributed by atoms with van der Waals surface area (Å²) in [4.78, 5) is 11.4. The molecule has 0 aliphatic rings. The molecule has 7 heteroatoms. The van der Waals surface area contributed by atoms with Crippen LogP contribution in [0.2, 0.25) is 0 Å². The average Bonchev–Trinajstić information content (AvgIpc) is 2.78. The molecule has 0 saturated heterocycles. The van der Waals surface area contributed by atoms with E-state index in [9.17, 15) is 10.2 Å². The Morgan fingerprint density at radius 2 is 2.29 bits per heavy atom. The van der Waals surface area contributed by atoms with Crippen LogP contribution < -0.4 is 0 Å². The van der Waals surface area contributed by atoms with Crippen molar-refractivity contribution in [3.05, 3.63) is 17.7 Å². The molecule has 4 N–H and O–H groups in total.